The number of rotatable bonds is 4. The topological polar surface area (TPSA) is 78.1 Å². The summed E-state index contributed by atoms with van der Waals surface area (Å²) in [7, 11) is 0. The van der Waals surface area contributed by atoms with E-state index in [0.717, 1.165) is 6.07 Å². The van der Waals surface area contributed by atoms with E-state index < -0.39 is 17.9 Å². The molecule has 6 nitrogen and oxygen atoms in total. The fraction of sp³-hybridized carbons (Fsp3) is 0.125. The van der Waals surface area contributed by atoms with Crippen LogP contribution < -0.4 is 0 Å². The summed E-state index contributed by atoms with van der Waals surface area (Å²) in [6, 6.07) is 7.13. The fourth-order valence-corrected chi connectivity index (χ4v) is 2.11. The molecule has 122 valence electrons. The number of ether oxygens (including phenoxy) is 1. The first-order chi connectivity index (χ1) is 11.5. The van der Waals surface area contributed by atoms with Gasteiger partial charge < -0.3 is 9.26 Å². The van der Waals surface area contributed by atoms with E-state index in [2.05, 4.69) is 15.1 Å². The molecule has 0 bridgehead atoms. The third kappa shape index (κ3) is 3.41. The lowest BCUT2D eigenvalue weighted by Gasteiger charge is -2.09. The molecule has 0 saturated heterocycles. The summed E-state index contributed by atoms with van der Waals surface area (Å²) in [4.78, 5) is 20.2. The number of hydrogen-bond acceptors (Lipinski definition) is 6. The predicted octanol–water partition coefficient (Wildman–Crippen LogP) is 3.84. The maximum atomic E-state index is 13.7. The third-order valence-corrected chi connectivity index (χ3v) is 3.38. The van der Waals surface area contributed by atoms with E-state index in [9.17, 15) is 9.18 Å². The molecule has 1 atom stereocenters. The molecule has 0 fully saturated rings. The molecule has 3 rings (SSSR count). The van der Waals surface area contributed by atoms with Gasteiger partial charge in [0.1, 0.15) is 5.82 Å². The van der Waals surface area contributed by atoms with Crippen LogP contribution in [0.2, 0.25) is 5.02 Å². The Morgan fingerprint density at radius 1 is 1.38 bits per heavy atom. The smallest absolute Gasteiger partial charge is 0.341 e. The summed E-state index contributed by atoms with van der Waals surface area (Å²) in [6.45, 7) is 1.54. The number of carbonyl (C=O) groups is 1. The first kappa shape index (κ1) is 16.1. The molecule has 0 unspecified atom stereocenters. The number of aromatic nitrogens is 3. The molecule has 0 aliphatic heterocycles. The normalized spacial score (nSPS) is 12.0. The van der Waals surface area contributed by atoms with E-state index in [4.69, 9.17) is 20.9 Å². The maximum Gasteiger partial charge on any atom is 0.341 e. The van der Waals surface area contributed by atoms with Crippen molar-refractivity contribution in [3.8, 4) is 11.4 Å². The number of carbonyl (C=O) groups excluding carboxylic acids is 1. The predicted molar refractivity (Wildman–Crippen MR) is 82.8 cm³/mol. The number of benzene rings is 1. The van der Waals surface area contributed by atoms with Gasteiger partial charge in [-0.2, -0.15) is 4.98 Å². The molecule has 2 heterocycles. The van der Waals surface area contributed by atoms with Crippen LogP contribution in [0.15, 0.2) is 47.2 Å². The summed E-state index contributed by atoms with van der Waals surface area (Å²) >= 11 is 5.76. The van der Waals surface area contributed by atoms with Crippen molar-refractivity contribution in [3.05, 3.63) is 65.0 Å². The Kier molecular flexibility index (Phi) is 4.52. The molecule has 2 aromatic heterocycles. The molecule has 0 N–H and O–H groups in total. The number of esters is 1. The molecule has 0 aliphatic rings. The molecule has 0 radical (unpaired) electrons. The maximum absolute atomic E-state index is 13.7. The van der Waals surface area contributed by atoms with Gasteiger partial charge in [-0.15, -0.1) is 0 Å². The minimum atomic E-state index is -0.872. The van der Waals surface area contributed by atoms with Gasteiger partial charge >= 0.3 is 5.97 Å². The van der Waals surface area contributed by atoms with Gasteiger partial charge in [0.05, 0.1) is 5.56 Å². The van der Waals surface area contributed by atoms with Crippen LogP contribution in [-0.4, -0.2) is 21.1 Å². The van der Waals surface area contributed by atoms with Gasteiger partial charge in [0.2, 0.25) is 5.82 Å². The zero-order valence-corrected chi connectivity index (χ0v) is 13.2. The third-order valence-electron chi connectivity index (χ3n) is 3.14. The highest BCUT2D eigenvalue weighted by molar-refractivity contribution is 6.30. The average Bonchev–Trinajstić information content (AvgIpc) is 3.08. The Morgan fingerprint density at radius 3 is 2.96 bits per heavy atom. The van der Waals surface area contributed by atoms with Crippen molar-refractivity contribution in [2.45, 2.75) is 13.0 Å². The highest BCUT2D eigenvalue weighted by Gasteiger charge is 2.22. The molecule has 0 spiro atoms. The summed E-state index contributed by atoms with van der Waals surface area (Å²) in [6.07, 6.45) is 2.34. The van der Waals surface area contributed by atoms with E-state index in [1.165, 1.54) is 12.1 Å². The number of pyridine rings is 1. The summed E-state index contributed by atoms with van der Waals surface area (Å²) in [5.41, 5.74) is 0.397. The van der Waals surface area contributed by atoms with E-state index in [1.54, 1.807) is 31.5 Å². The van der Waals surface area contributed by atoms with Crippen molar-refractivity contribution < 1.29 is 18.4 Å². The van der Waals surface area contributed by atoms with Crippen molar-refractivity contribution in [2.75, 3.05) is 0 Å². The van der Waals surface area contributed by atoms with E-state index in [1.807, 2.05) is 0 Å². The van der Waals surface area contributed by atoms with E-state index in [-0.39, 0.29) is 16.5 Å². The fourth-order valence-electron chi connectivity index (χ4n) is 1.94. The SMILES string of the molecule is C[C@@H](OC(=O)c1cc(Cl)ccc1F)c1nc(-c2cccnc2)no1. The first-order valence-electron chi connectivity index (χ1n) is 6.94. The second kappa shape index (κ2) is 6.76. The van der Waals surface area contributed by atoms with Gasteiger partial charge in [-0.1, -0.05) is 16.8 Å². The average molecular weight is 348 g/mol. The van der Waals surface area contributed by atoms with Crippen molar-refractivity contribution >= 4 is 17.6 Å². The number of hydrogen-bond donors (Lipinski definition) is 0. The lowest BCUT2D eigenvalue weighted by molar-refractivity contribution is 0.0260. The van der Waals surface area contributed by atoms with Gasteiger partial charge in [0.15, 0.2) is 6.10 Å². The zero-order chi connectivity index (χ0) is 17.1. The summed E-state index contributed by atoms with van der Waals surface area (Å²) in [5, 5.41) is 4.04. The Labute approximate surface area is 141 Å². The molecule has 0 saturated carbocycles. The largest absolute Gasteiger partial charge is 0.449 e. The molecular formula is C16H11ClFN3O3. The molecule has 1 aromatic carbocycles. The van der Waals surface area contributed by atoms with Crippen LogP contribution in [0.4, 0.5) is 4.39 Å². The van der Waals surface area contributed by atoms with Crippen molar-refractivity contribution in [3.63, 3.8) is 0 Å². The van der Waals surface area contributed by atoms with Crippen LogP contribution in [0.5, 0.6) is 0 Å². The van der Waals surface area contributed by atoms with Crippen LogP contribution in [0.25, 0.3) is 11.4 Å². The molecule has 8 heteroatoms. The van der Waals surface area contributed by atoms with Crippen LogP contribution >= 0.6 is 11.6 Å². The standard InChI is InChI=1S/C16H11ClFN3O3/c1-9(23-16(22)12-7-11(17)4-5-13(12)18)15-20-14(21-24-15)10-3-2-6-19-8-10/h2-9H,1H3/t9-/m1/s1. The second-order valence-corrected chi connectivity index (χ2v) is 5.31. The monoisotopic (exact) mass is 347 g/mol. The lowest BCUT2D eigenvalue weighted by Crippen LogP contribution is -2.11. The molecule has 0 amide bonds. The second-order valence-electron chi connectivity index (χ2n) is 4.87. The molecular weight excluding hydrogens is 337 g/mol. The Hall–Kier alpha value is -2.80. The van der Waals surface area contributed by atoms with Crippen molar-refractivity contribution in [1.29, 1.82) is 0 Å². The number of halogens is 2. The molecule has 0 aliphatic carbocycles. The molecule has 24 heavy (non-hydrogen) atoms. The van der Waals surface area contributed by atoms with Gasteiger partial charge in [-0.3, -0.25) is 4.98 Å². The minimum Gasteiger partial charge on any atom is -0.449 e. The summed E-state index contributed by atoms with van der Waals surface area (Å²) < 4.78 is 23.9. The van der Waals surface area contributed by atoms with Crippen LogP contribution in [0.3, 0.4) is 0 Å². The zero-order valence-electron chi connectivity index (χ0n) is 12.4. The number of nitrogens with zero attached hydrogens (tertiary/aromatic N) is 3. The molecule has 3 aromatic rings. The Morgan fingerprint density at radius 2 is 2.21 bits per heavy atom. The van der Waals surface area contributed by atoms with Gasteiger partial charge in [-0.05, 0) is 37.3 Å². The summed E-state index contributed by atoms with van der Waals surface area (Å²) in [5.74, 6) is -1.19. The lowest BCUT2D eigenvalue weighted by atomic mass is 10.2. The highest BCUT2D eigenvalue weighted by atomic mass is 35.5. The van der Waals surface area contributed by atoms with Crippen LogP contribution in [0.1, 0.15) is 29.3 Å². The van der Waals surface area contributed by atoms with E-state index in [0.29, 0.717) is 11.4 Å². The van der Waals surface area contributed by atoms with Gasteiger partial charge in [0, 0.05) is 23.0 Å². The first-order valence-corrected chi connectivity index (χ1v) is 7.32. The van der Waals surface area contributed by atoms with Gasteiger partial charge in [0.25, 0.3) is 5.89 Å². The van der Waals surface area contributed by atoms with Crippen LogP contribution in [0, 0.1) is 5.82 Å². The van der Waals surface area contributed by atoms with Crippen LogP contribution in [-0.2, 0) is 4.74 Å². The highest BCUT2D eigenvalue weighted by Crippen LogP contribution is 2.22. The Bertz CT molecular complexity index is 870. The minimum absolute atomic E-state index is 0.0876. The van der Waals surface area contributed by atoms with E-state index >= 15 is 0 Å². The van der Waals surface area contributed by atoms with Crippen molar-refractivity contribution in [1.82, 2.24) is 15.1 Å². The van der Waals surface area contributed by atoms with Crippen molar-refractivity contribution in [2.24, 2.45) is 0 Å². The van der Waals surface area contributed by atoms with Gasteiger partial charge in [-0.25, -0.2) is 9.18 Å². The Balaban J connectivity index is 1.75. The quantitative estimate of drug-likeness (QED) is 0.667.